The van der Waals surface area contributed by atoms with Crippen LogP contribution in [0.15, 0.2) is 11.1 Å². The molecule has 3 nitrogen and oxygen atoms in total. The molecule has 0 aliphatic carbocycles. The fourth-order valence-electron chi connectivity index (χ4n) is 3.00. The molecule has 0 unspecified atom stereocenters. The molecule has 23 heavy (non-hydrogen) atoms. The molecule has 0 aliphatic heterocycles. The zero-order valence-corrected chi connectivity index (χ0v) is 16.2. The van der Waals surface area contributed by atoms with Gasteiger partial charge in [-0.3, -0.25) is 0 Å². The monoisotopic (exact) mass is 327 g/mol. The van der Waals surface area contributed by atoms with Gasteiger partial charge in [0, 0.05) is 0 Å². The fourth-order valence-corrected chi connectivity index (χ4v) is 3.00. The zero-order valence-electron chi connectivity index (χ0n) is 16.2. The Morgan fingerprint density at radius 3 is 1.65 bits per heavy atom. The van der Waals surface area contributed by atoms with Crippen molar-refractivity contribution in [2.24, 2.45) is 0 Å². The highest BCUT2D eigenvalue weighted by atomic mass is 16.4. The van der Waals surface area contributed by atoms with Gasteiger partial charge in [-0.05, 0) is 37.7 Å². The van der Waals surface area contributed by atoms with Crippen molar-refractivity contribution in [1.29, 1.82) is 0 Å². The molecule has 0 radical (unpaired) electrons. The summed E-state index contributed by atoms with van der Waals surface area (Å²) in [6.45, 7) is 6.54. The Kier molecular flexibility index (Phi) is 18.6. The van der Waals surface area contributed by atoms with Crippen molar-refractivity contribution in [2.75, 3.05) is 0 Å². The molecular formula is C20H41NO2. The van der Waals surface area contributed by atoms with Crippen molar-refractivity contribution in [1.82, 2.24) is 6.15 Å². The van der Waals surface area contributed by atoms with Gasteiger partial charge in [-0.1, -0.05) is 84.1 Å². The number of rotatable bonds is 15. The van der Waals surface area contributed by atoms with Gasteiger partial charge < -0.3 is 16.1 Å². The predicted octanol–water partition coefficient (Wildman–Crippen LogP) is 5.93. The molecule has 0 bridgehead atoms. The molecule has 4 N–H and O–H groups in total. The van der Waals surface area contributed by atoms with Crippen molar-refractivity contribution in [3.63, 3.8) is 0 Å². The molecule has 0 amide bonds. The summed E-state index contributed by atoms with van der Waals surface area (Å²) in [5.41, 5.74) is 1.78. The van der Waals surface area contributed by atoms with E-state index in [0.29, 0.717) is 12.0 Å². The molecule has 0 aliphatic rings. The quantitative estimate of drug-likeness (QED) is 0.299. The summed E-state index contributed by atoms with van der Waals surface area (Å²) in [5, 5.41) is 11.5. The van der Waals surface area contributed by atoms with Gasteiger partial charge in [0.15, 0.2) is 0 Å². The standard InChI is InChI=1S/C20H38O2.H3N/c1-4-7-9-11-12-13-16-18(15-6-3)19(20(21)22)17-14-10-8-5-2;/h4-17H2,1-3H3,(H,21,22);1H3. The molecule has 0 heterocycles. The second-order valence-corrected chi connectivity index (χ2v) is 6.45. The van der Waals surface area contributed by atoms with Gasteiger partial charge in [0.2, 0.25) is 0 Å². The number of hydrogen-bond donors (Lipinski definition) is 1. The number of carbonyl (C=O) groups excluding carboxylic acids is 1. The summed E-state index contributed by atoms with van der Waals surface area (Å²) in [6.07, 6.45) is 15.6. The summed E-state index contributed by atoms with van der Waals surface area (Å²) in [6, 6.07) is 0. The minimum Gasteiger partial charge on any atom is -0.545 e. The van der Waals surface area contributed by atoms with Crippen LogP contribution < -0.4 is 11.3 Å². The van der Waals surface area contributed by atoms with Gasteiger partial charge in [0.05, 0.1) is 5.97 Å². The number of quaternary nitrogens is 1. The van der Waals surface area contributed by atoms with E-state index in [9.17, 15) is 9.90 Å². The third kappa shape index (κ3) is 13.3. The number of carbonyl (C=O) groups is 1. The first kappa shape index (κ1) is 24.4. The third-order valence-corrected chi connectivity index (χ3v) is 4.34. The largest absolute Gasteiger partial charge is 0.545 e. The Labute approximate surface area is 144 Å². The number of carboxylic acids is 1. The van der Waals surface area contributed by atoms with E-state index >= 15 is 0 Å². The second-order valence-electron chi connectivity index (χ2n) is 6.45. The molecule has 0 aromatic heterocycles. The zero-order chi connectivity index (χ0) is 16.6. The van der Waals surface area contributed by atoms with E-state index in [1.54, 1.807) is 0 Å². The second kappa shape index (κ2) is 17.5. The van der Waals surface area contributed by atoms with Crippen LogP contribution in [0.2, 0.25) is 0 Å². The van der Waals surface area contributed by atoms with E-state index in [2.05, 4.69) is 20.8 Å². The van der Waals surface area contributed by atoms with Crippen molar-refractivity contribution in [2.45, 2.75) is 111 Å². The molecule has 0 saturated carbocycles. The minimum absolute atomic E-state index is 0. The topological polar surface area (TPSA) is 76.6 Å². The number of hydrogen-bond acceptors (Lipinski definition) is 2. The summed E-state index contributed by atoms with van der Waals surface area (Å²) >= 11 is 0. The van der Waals surface area contributed by atoms with Crippen molar-refractivity contribution >= 4 is 5.97 Å². The Balaban J connectivity index is 0. The summed E-state index contributed by atoms with van der Waals surface area (Å²) < 4.78 is 0. The lowest BCUT2D eigenvalue weighted by molar-refractivity contribution is -0.299. The van der Waals surface area contributed by atoms with E-state index in [1.165, 1.54) is 44.9 Å². The number of carboxylic acid groups (broad SMARTS) is 1. The normalized spacial score (nSPS) is 11.8. The highest BCUT2D eigenvalue weighted by Crippen LogP contribution is 2.23. The Bertz CT molecular complexity index is 311. The molecule has 0 aromatic carbocycles. The van der Waals surface area contributed by atoms with Crippen LogP contribution in [0.5, 0.6) is 0 Å². The maximum Gasteiger partial charge on any atom is 0.0674 e. The van der Waals surface area contributed by atoms with Crippen molar-refractivity contribution < 1.29 is 9.90 Å². The van der Waals surface area contributed by atoms with Gasteiger partial charge >= 0.3 is 0 Å². The van der Waals surface area contributed by atoms with Crippen LogP contribution in [0.4, 0.5) is 0 Å². The van der Waals surface area contributed by atoms with Crippen LogP contribution in [0, 0.1) is 0 Å². The van der Waals surface area contributed by atoms with Crippen LogP contribution in [-0.2, 0) is 4.79 Å². The highest BCUT2D eigenvalue weighted by molar-refractivity contribution is 5.85. The van der Waals surface area contributed by atoms with Gasteiger partial charge in [0.1, 0.15) is 0 Å². The van der Waals surface area contributed by atoms with E-state index in [1.807, 2.05) is 0 Å². The SMILES string of the molecule is CCCCCCCCC(CCC)=C(CCCCCC)C(=O)[O-].[NH4+]. The van der Waals surface area contributed by atoms with Crippen LogP contribution in [0.1, 0.15) is 111 Å². The number of aliphatic carboxylic acids is 1. The summed E-state index contributed by atoms with van der Waals surface area (Å²) in [4.78, 5) is 11.5. The van der Waals surface area contributed by atoms with Gasteiger partial charge in [-0.15, -0.1) is 0 Å². The van der Waals surface area contributed by atoms with E-state index in [4.69, 9.17) is 0 Å². The van der Waals surface area contributed by atoms with Crippen LogP contribution in [0.25, 0.3) is 0 Å². The molecule has 0 atom stereocenters. The van der Waals surface area contributed by atoms with E-state index < -0.39 is 5.97 Å². The molecule has 0 rings (SSSR count). The predicted molar refractivity (Wildman–Crippen MR) is 99.7 cm³/mol. The summed E-state index contributed by atoms with van der Waals surface area (Å²) in [5.74, 6) is -0.925. The van der Waals surface area contributed by atoms with Gasteiger partial charge in [-0.2, -0.15) is 0 Å². The summed E-state index contributed by atoms with van der Waals surface area (Å²) in [7, 11) is 0. The molecular weight excluding hydrogens is 286 g/mol. The average molecular weight is 328 g/mol. The lowest BCUT2D eigenvalue weighted by Crippen LogP contribution is -2.26. The molecule has 0 aromatic rings. The van der Waals surface area contributed by atoms with Gasteiger partial charge in [-0.25, -0.2) is 0 Å². The van der Waals surface area contributed by atoms with Crippen molar-refractivity contribution in [3.05, 3.63) is 11.1 Å². The van der Waals surface area contributed by atoms with Crippen LogP contribution >= 0.6 is 0 Å². The molecule has 0 spiro atoms. The first-order valence-electron chi connectivity index (χ1n) is 9.59. The lowest BCUT2D eigenvalue weighted by atomic mass is 9.93. The Morgan fingerprint density at radius 1 is 0.652 bits per heavy atom. The molecule has 138 valence electrons. The average Bonchev–Trinajstić information content (AvgIpc) is 2.49. The highest BCUT2D eigenvalue weighted by Gasteiger charge is 2.08. The maximum absolute atomic E-state index is 11.5. The minimum atomic E-state index is -0.925. The number of allylic oxidation sites excluding steroid dienone is 1. The fraction of sp³-hybridized carbons (Fsp3) is 0.850. The first-order chi connectivity index (χ1) is 10.7. The smallest absolute Gasteiger partial charge is 0.0674 e. The maximum atomic E-state index is 11.5. The molecule has 0 fully saturated rings. The lowest BCUT2D eigenvalue weighted by Gasteiger charge is -2.16. The Hall–Kier alpha value is -0.830. The van der Waals surface area contributed by atoms with E-state index in [0.717, 1.165) is 44.1 Å². The van der Waals surface area contributed by atoms with Gasteiger partial charge in [0.25, 0.3) is 0 Å². The van der Waals surface area contributed by atoms with Crippen LogP contribution in [-0.4, -0.2) is 5.97 Å². The number of unbranched alkanes of at least 4 members (excludes halogenated alkanes) is 8. The molecule has 0 saturated heterocycles. The Morgan fingerprint density at radius 2 is 1.13 bits per heavy atom. The molecule has 3 heteroatoms. The first-order valence-corrected chi connectivity index (χ1v) is 9.59. The van der Waals surface area contributed by atoms with Crippen LogP contribution in [0.3, 0.4) is 0 Å². The third-order valence-electron chi connectivity index (χ3n) is 4.34. The van der Waals surface area contributed by atoms with E-state index in [-0.39, 0.29) is 6.15 Å². The van der Waals surface area contributed by atoms with Crippen molar-refractivity contribution in [3.8, 4) is 0 Å².